The number of benzene rings is 2. The largest absolute Gasteiger partial charge is 0.573 e. The number of nitrogen functional groups attached to an aromatic ring is 1. The predicted octanol–water partition coefficient (Wildman–Crippen LogP) is 5.33. The maximum atomic E-state index is 12.3. The van der Waals surface area contributed by atoms with Crippen molar-refractivity contribution in [2.24, 2.45) is 0 Å². The molecule has 0 aliphatic carbocycles. The van der Waals surface area contributed by atoms with Crippen molar-refractivity contribution < 1.29 is 17.9 Å². The van der Waals surface area contributed by atoms with Crippen LogP contribution in [0.1, 0.15) is 18.1 Å². The third-order valence-corrected chi connectivity index (χ3v) is 4.22. The van der Waals surface area contributed by atoms with E-state index in [9.17, 15) is 18.4 Å². The molecular formula is C21H16F3N3O. The van der Waals surface area contributed by atoms with Gasteiger partial charge in [0.05, 0.1) is 5.69 Å². The van der Waals surface area contributed by atoms with Crippen molar-refractivity contribution in [1.82, 2.24) is 4.98 Å². The average molecular weight is 383 g/mol. The number of alkyl halides is 3. The Morgan fingerprint density at radius 3 is 2.18 bits per heavy atom. The Hall–Kier alpha value is -3.53. The van der Waals surface area contributed by atoms with Gasteiger partial charge in [-0.25, -0.2) is 4.98 Å². The summed E-state index contributed by atoms with van der Waals surface area (Å²) in [5.74, 6) is -0.280. The molecule has 0 saturated heterocycles. The average Bonchev–Trinajstić information content (AvgIpc) is 2.67. The van der Waals surface area contributed by atoms with Crippen LogP contribution >= 0.6 is 0 Å². The summed E-state index contributed by atoms with van der Waals surface area (Å²) in [6.07, 6.45) is -3.86. The van der Waals surface area contributed by atoms with Crippen LogP contribution in [0, 0.1) is 11.3 Å². The minimum absolute atomic E-state index is 0.0604. The highest BCUT2D eigenvalue weighted by Gasteiger charge is 2.31. The van der Waals surface area contributed by atoms with Gasteiger partial charge in [0.2, 0.25) is 0 Å². The molecular weight excluding hydrogens is 367 g/mol. The summed E-state index contributed by atoms with van der Waals surface area (Å²) in [6.45, 7) is 2.05. The smallest absolute Gasteiger partial charge is 0.406 e. The summed E-state index contributed by atoms with van der Waals surface area (Å²) >= 11 is 0. The van der Waals surface area contributed by atoms with Crippen molar-refractivity contribution >= 4 is 5.82 Å². The van der Waals surface area contributed by atoms with Crippen molar-refractivity contribution in [3.8, 4) is 34.2 Å². The number of rotatable bonds is 4. The highest BCUT2D eigenvalue weighted by Crippen LogP contribution is 2.33. The van der Waals surface area contributed by atoms with E-state index in [2.05, 4.69) is 16.6 Å². The number of anilines is 1. The highest BCUT2D eigenvalue weighted by molar-refractivity contribution is 5.80. The summed E-state index contributed by atoms with van der Waals surface area (Å²) < 4.78 is 40.9. The second kappa shape index (κ2) is 7.61. The van der Waals surface area contributed by atoms with Gasteiger partial charge in [-0.3, -0.25) is 0 Å². The molecule has 0 unspecified atom stereocenters. The Balaban J connectivity index is 2.04. The third kappa shape index (κ3) is 4.23. The summed E-state index contributed by atoms with van der Waals surface area (Å²) in [4.78, 5) is 4.30. The molecule has 0 amide bonds. The SMILES string of the molecule is CCc1ccc(-c2cc(-c3ccc(OC(F)(F)F)cc3)c(C#N)c(N)n2)cc1. The van der Waals surface area contributed by atoms with E-state index in [1.54, 1.807) is 6.07 Å². The van der Waals surface area contributed by atoms with Gasteiger partial charge in [-0.05, 0) is 35.7 Å². The first-order valence-electron chi connectivity index (χ1n) is 8.47. The van der Waals surface area contributed by atoms with Gasteiger partial charge in [0.25, 0.3) is 0 Å². The van der Waals surface area contributed by atoms with Gasteiger partial charge < -0.3 is 10.5 Å². The molecule has 2 N–H and O–H groups in total. The summed E-state index contributed by atoms with van der Waals surface area (Å²) in [5.41, 5.74) is 9.73. The zero-order valence-electron chi connectivity index (χ0n) is 14.9. The first kappa shape index (κ1) is 19.2. The van der Waals surface area contributed by atoms with E-state index in [-0.39, 0.29) is 17.1 Å². The van der Waals surface area contributed by atoms with E-state index in [0.29, 0.717) is 16.8 Å². The molecule has 0 fully saturated rings. The number of hydrogen-bond acceptors (Lipinski definition) is 4. The van der Waals surface area contributed by atoms with Crippen molar-refractivity contribution in [2.75, 3.05) is 5.73 Å². The topological polar surface area (TPSA) is 71.9 Å². The van der Waals surface area contributed by atoms with E-state index in [0.717, 1.165) is 12.0 Å². The molecule has 3 aromatic rings. The predicted molar refractivity (Wildman–Crippen MR) is 100 cm³/mol. The second-order valence-corrected chi connectivity index (χ2v) is 6.05. The van der Waals surface area contributed by atoms with E-state index in [1.807, 2.05) is 30.3 Å². The molecule has 7 heteroatoms. The van der Waals surface area contributed by atoms with Crippen molar-refractivity contribution in [2.45, 2.75) is 19.7 Å². The Morgan fingerprint density at radius 2 is 1.64 bits per heavy atom. The lowest BCUT2D eigenvalue weighted by Gasteiger charge is -2.12. The Kier molecular flexibility index (Phi) is 5.23. The minimum Gasteiger partial charge on any atom is -0.406 e. The van der Waals surface area contributed by atoms with Gasteiger partial charge in [0.1, 0.15) is 23.2 Å². The van der Waals surface area contributed by atoms with Crippen LogP contribution in [0.3, 0.4) is 0 Å². The lowest BCUT2D eigenvalue weighted by Crippen LogP contribution is -2.16. The lowest BCUT2D eigenvalue weighted by molar-refractivity contribution is -0.274. The zero-order valence-corrected chi connectivity index (χ0v) is 14.9. The monoisotopic (exact) mass is 383 g/mol. The number of aromatic nitrogens is 1. The molecule has 0 bridgehead atoms. The number of hydrogen-bond donors (Lipinski definition) is 1. The summed E-state index contributed by atoms with van der Waals surface area (Å²) in [6, 6.07) is 16.8. The maximum Gasteiger partial charge on any atom is 0.573 e. The number of pyridine rings is 1. The number of nitrogens with zero attached hydrogens (tertiary/aromatic N) is 2. The number of nitrogens with two attached hydrogens (primary N) is 1. The van der Waals surface area contributed by atoms with Crippen LogP contribution in [0.4, 0.5) is 19.0 Å². The fourth-order valence-corrected chi connectivity index (χ4v) is 2.81. The molecule has 0 radical (unpaired) electrons. The van der Waals surface area contributed by atoms with Gasteiger partial charge in [0, 0.05) is 11.1 Å². The van der Waals surface area contributed by atoms with Crippen molar-refractivity contribution in [3.63, 3.8) is 0 Å². The lowest BCUT2D eigenvalue weighted by atomic mass is 9.98. The number of nitriles is 1. The molecule has 0 spiro atoms. The third-order valence-electron chi connectivity index (χ3n) is 4.22. The first-order valence-corrected chi connectivity index (χ1v) is 8.47. The van der Waals surface area contributed by atoms with Crippen LogP contribution in [-0.2, 0) is 6.42 Å². The van der Waals surface area contributed by atoms with Gasteiger partial charge >= 0.3 is 6.36 Å². The van der Waals surface area contributed by atoms with Gasteiger partial charge in [-0.15, -0.1) is 13.2 Å². The van der Waals surface area contributed by atoms with E-state index >= 15 is 0 Å². The normalized spacial score (nSPS) is 11.1. The summed E-state index contributed by atoms with van der Waals surface area (Å²) in [5, 5.41) is 9.45. The molecule has 0 saturated carbocycles. The van der Waals surface area contributed by atoms with Crippen LogP contribution in [0.25, 0.3) is 22.4 Å². The van der Waals surface area contributed by atoms with Crippen LogP contribution in [0.15, 0.2) is 54.6 Å². The molecule has 4 nitrogen and oxygen atoms in total. The van der Waals surface area contributed by atoms with Crippen LogP contribution < -0.4 is 10.5 Å². The number of halogens is 3. The first-order chi connectivity index (χ1) is 13.3. The maximum absolute atomic E-state index is 12.3. The fourth-order valence-electron chi connectivity index (χ4n) is 2.81. The quantitative estimate of drug-likeness (QED) is 0.661. The molecule has 142 valence electrons. The van der Waals surface area contributed by atoms with Gasteiger partial charge in [-0.1, -0.05) is 43.3 Å². The molecule has 1 heterocycles. The number of aryl methyl sites for hydroxylation is 1. The fraction of sp³-hybridized carbons (Fsp3) is 0.143. The molecule has 3 rings (SSSR count). The molecule has 0 atom stereocenters. The van der Waals surface area contributed by atoms with Gasteiger partial charge in [-0.2, -0.15) is 5.26 Å². The highest BCUT2D eigenvalue weighted by atomic mass is 19.4. The van der Waals surface area contributed by atoms with E-state index in [1.165, 1.54) is 29.8 Å². The van der Waals surface area contributed by atoms with Crippen molar-refractivity contribution in [1.29, 1.82) is 5.26 Å². The zero-order chi connectivity index (χ0) is 20.3. The Morgan fingerprint density at radius 1 is 1.04 bits per heavy atom. The molecule has 1 aromatic heterocycles. The van der Waals surface area contributed by atoms with Crippen LogP contribution in [-0.4, -0.2) is 11.3 Å². The van der Waals surface area contributed by atoms with Crippen LogP contribution in [0.2, 0.25) is 0 Å². The number of ether oxygens (including phenoxy) is 1. The summed E-state index contributed by atoms with van der Waals surface area (Å²) in [7, 11) is 0. The Labute approximate surface area is 160 Å². The van der Waals surface area contributed by atoms with Crippen molar-refractivity contribution in [3.05, 3.63) is 65.7 Å². The van der Waals surface area contributed by atoms with E-state index < -0.39 is 6.36 Å². The van der Waals surface area contributed by atoms with E-state index in [4.69, 9.17) is 5.73 Å². The molecule has 28 heavy (non-hydrogen) atoms. The van der Waals surface area contributed by atoms with Gasteiger partial charge in [0.15, 0.2) is 0 Å². The molecule has 2 aromatic carbocycles. The molecule has 0 aliphatic heterocycles. The standard InChI is InChI=1S/C21H16F3N3O/c1-2-13-3-5-15(6-4-13)19-11-17(18(12-25)20(26)27-19)14-7-9-16(10-8-14)28-21(22,23)24/h3-11H,2H2,1H3,(H2,26,27). The Bertz CT molecular complexity index is 1020. The second-order valence-electron chi connectivity index (χ2n) is 6.05. The minimum atomic E-state index is -4.77. The molecule has 0 aliphatic rings. The van der Waals surface area contributed by atoms with Crippen LogP contribution in [0.5, 0.6) is 5.75 Å².